The van der Waals surface area contributed by atoms with Gasteiger partial charge in [0.1, 0.15) is 5.82 Å². The second-order valence-corrected chi connectivity index (χ2v) is 6.09. The predicted octanol–water partition coefficient (Wildman–Crippen LogP) is 4.90. The molecule has 0 aliphatic heterocycles. The van der Waals surface area contributed by atoms with Crippen LogP contribution in [0.4, 0.5) is 4.39 Å². The molecule has 0 N–H and O–H groups in total. The van der Waals surface area contributed by atoms with Gasteiger partial charge in [-0.15, -0.1) is 0 Å². The minimum absolute atomic E-state index is 0.233. The van der Waals surface area contributed by atoms with E-state index in [-0.39, 0.29) is 5.82 Å². The Morgan fingerprint density at radius 2 is 1.35 bits per heavy atom. The second kappa shape index (κ2) is 7.44. The molecule has 0 aromatic heterocycles. The van der Waals surface area contributed by atoms with E-state index < -0.39 is 0 Å². The lowest BCUT2D eigenvalue weighted by Gasteiger charge is -2.27. The summed E-state index contributed by atoms with van der Waals surface area (Å²) in [6.45, 7) is 0. The van der Waals surface area contributed by atoms with Crippen LogP contribution in [0.25, 0.3) is 0 Å². The van der Waals surface area contributed by atoms with Crippen LogP contribution in [-0.2, 0) is 4.74 Å². The largest absolute Gasteiger partial charge is 0.381 e. The van der Waals surface area contributed by atoms with E-state index >= 15 is 0 Å². The molecular weight excluding hydrogens is 287 g/mol. The number of ether oxygens (including phenoxy) is 1. The Hall–Kier alpha value is -2.11. The standard InChI is InChI=1S/C21H21FO/c1-23-21-14-10-19(11-15-21)18-8-4-16(5-9-18)2-3-17-6-12-20(22)13-7-17/h4-9,12-13,19,21H,10-11,14-15H2,1H3. The van der Waals surface area contributed by atoms with Crippen molar-refractivity contribution in [2.24, 2.45) is 0 Å². The maximum Gasteiger partial charge on any atom is 0.123 e. The highest BCUT2D eigenvalue weighted by Crippen LogP contribution is 2.33. The van der Waals surface area contributed by atoms with Gasteiger partial charge >= 0.3 is 0 Å². The quantitative estimate of drug-likeness (QED) is 0.717. The van der Waals surface area contributed by atoms with E-state index in [0.717, 1.165) is 24.0 Å². The van der Waals surface area contributed by atoms with Gasteiger partial charge in [0.25, 0.3) is 0 Å². The first-order chi connectivity index (χ1) is 11.2. The fourth-order valence-electron chi connectivity index (χ4n) is 3.15. The van der Waals surface area contributed by atoms with Crippen molar-refractivity contribution in [2.45, 2.75) is 37.7 Å². The third-order valence-electron chi connectivity index (χ3n) is 4.59. The van der Waals surface area contributed by atoms with Gasteiger partial charge in [-0.2, -0.15) is 0 Å². The van der Waals surface area contributed by atoms with E-state index in [1.54, 1.807) is 19.2 Å². The molecule has 0 amide bonds. The molecule has 0 spiro atoms. The number of rotatable bonds is 2. The molecule has 0 bridgehead atoms. The first kappa shape index (κ1) is 15.8. The molecule has 1 fully saturated rings. The average molecular weight is 308 g/mol. The van der Waals surface area contributed by atoms with Crippen LogP contribution in [0.5, 0.6) is 0 Å². The van der Waals surface area contributed by atoms with Gasteiger partial charge in [0.05, 0.1) is 6.10 Å². The Morgan fingerprint density at radius 1 is 0.826 bits per heavy atom. The van der Waals surface area contributed by atoms with E-state index in [4.69, 9.17) is 4.74 Å². The SMILES string of the molecule is COC1CCC(c2ccc(C#Cc3ccc(F)cc3)cc2)CC1. The Morgan fingerprint density at radius 3 is 1.87 bits per heavy atom. The van der Waals surface area contributed by atoms with Crippen LogP contribution in [0, 0.1) is 17.7 Å². The van der Waals surface area contributed by atoms with Crippen molar-refractivity contribution >= 4 is 0 Å². The molecule has 118 valence electrons. The summed E-state index contributed by atoms with van der Waals surface area (Å²) in [4.78, 5) is 0. The summed E-state index contributed by atoms with van der Waals surface area (Å²) in [6.07, 6.45) is 5.12. The number of hydrogen-bond acceptors (Lipinski definition) is 1. The van der Waals surface area contributed by atoms with Crippen LogP contribution in [0.3, 0.4) is 0 Å². The molecule has 1 aliphatic carbocycles. The van der Waals surface area contributed by atoms with Gasteiger partial charge in [-0.05, 0) is 73.6 Å². The predicted molar refractivity (Wildman–Crippen MR) is 90.8 cm³/mol. The summed E-state index contributed by atoms with van der Waals surface area (Å²) < 4.78 is 18.3. The fraction of sp³-hybridized carbons (Fsp3) is 0.333. The van der Waals surface area contributed by atoms with Crippen molar-refractivity contribution in [2.75, 3.05) is 7.11 Å². The van der Waals surface area contributed by atoms with Crippen molar-refractivity contribution in [3.05, 3.63) is 71.0 Å². The summed E-state index contributed by atoms with van der Waals surface area (Å²) >= 11 is 0. The first-order valence-electron chi connectivity index (χ1n) is 8.15. The third kappa shape index (κ3) is 4.21. The summed E-state index contributed by atoms with van der Waals surface area (Å²) in [6, 6.07) is 14.8. The average Bonchev–Trinajstić information content (AvgIpc) is 2.62. The van der Waals surface area contributed by atoms with Crippen LogP contribution in [-0.4, -0.2) is 13.2 Å². The molecule has 0 radical (unpaired) electrons. The Labute approximate surface area is 137 Å². The highest BCUT2D eigenvalue weighted by molar-refractivity contribution is 5.43. The maximum atomic E-state index is 12.9. The molecule has 0 heterocycles. The molecule has 23 heavy (non-hydrogen) atoms. The highest BCUT2D eigenvalue weighted by atomic mass is 19.1. The van der Waals surface area contributed by atoms with Gasteiger partial charge in [-0.3, -0.25) is 0 Å². The number of benzene rings is 2. The molecule has 1 aliphatic rings. The molecule has 1 nitrogen and oxygen atoms in total. The zero-order chi connectivity index (χ0) is 16.1. The van der Waals surface area contributed by atoms with Crippen LogP contribution in [0.2, 0.25) is 0 Å². The van der Waals surface area contributed by atoms with Crippen molar-refractivity contribution in [3.63, 3.8) is 0 Å². The van der Waals surface area contributed by atoms with Gasteiger partial charge in [-0.25, -0.2) is 4.39 Å². The number of methoxy groups -OCH3 is 1. The Kier molecular flexibility index (Phi) is 5.10. The Balaban J connectivity index is 1.65. The minimum Gasteiger partial charge on any atom is -0.381 e. The highest BCUT2D eigenvalue weighted by Gasteiger charge is 2.21. The Bertz CT molecular complexity index is 683. The van der Waals surface area contributed by atoms with Crippen molar-refractivity contribution < 1.29 is 9.13 Å². The number of hydrogen-bond donors (Lipinski definition) is 0. The maximum absolute atomic E-state index is 12.9. The first-order valence-corrected chi connectivity index (χ1v) is 8.15. The van der Waals surface area contributed by atoms with Crippen molar-refractivity contribution in [1.82, 2.24) is 0 Å². The molecule has 1 saturated carbocycles. The van der Waals surface area contributed by atoms with E-state index in [1.165, 1.54) is 30.5 Å². The molecule has 2 aromatic carbocycles. The van der Waals surface area contributed by atoms with Gasteiger partial charge < -0.3 is 4.74 Å². The van der Waals surface area contributed by atoms with Crippen LogP contribution >= 0.6 is 0 Å². The monoisotopic (exact) mass is 308 g/mol. The van der Waals surface area contributed by atoms with Gasteiger partial charge in [0.2, 0.25) is 0 Å². The van der Waals surface area contributed by atoms with Gasteiger partial charge in [0, 0.05) is 18.2 Å². The van der Waals surface area contributed by atoms with Crippen molar-refractivity contribution in [3.8, 4) is 11.8 Å². The summed E-state index contributed by atoms with van der Waals surface area (Å²) in [5.41, 5.74) is 3.21. The van der Waals surface area contributed by atoms with Gasteiger partial charge in [0.15, 0.2) is 0 Å². The lowest BCUT2D eigenvalue weighted by atomic mass is 9.82. The smallest absolute Gasteiger partial charge is 0.123 e. The topological polar surface area (TPSA) is 9.23 Å². The summed E-state index contributed by atoms with van der Waals surface area (Å²) in [5.74, 6) is 6.61. The summed E-state index contributed by atoms with van der Waals surface area (Å²) in [7, 11) is 1.81. The molecular formula is C21H21FO. The minimum atomic E-state index is -0.233. The molecule has 2 aromatic rings. The zero-order valence-corrected chi connectivity index (χ0v) is 13.4. The van der Waals surface area contributed by atoms with Crippen LogP contribution < -0.4 is 0 Å². The molecule has 0 unspecified atom stereocenters. The number of halogens is 1. The normalized spacial score (nSPS) is 20.6. The van der Waals surface area contributed by atoms with E-state index in [9.17, 15) is 4.39 Å². The molecule has 3 rings (SSSR count). The van der Waals surface area contributed by atoms with Gasteiger partial charge in [-0.1, -0.05) is 24.0 Å². The van der Waals surface area contributed by atoms with E-state index in [0.29, 0.717) is 12.0 Å². The lowest BCUT2D eigenvalue weighted by Crippen LogP contribution is -2.19. The lowest BCUT2D eigenvalue weighted by molar-refractivity contribution is 0.0659. The molecule has 2 heteroatoms. The molecule has 0 atom stereocenters. The zero-order valence-electron chi connectivity index (χ0n) is 13.4. The summed E-state index contributed by atoms with van der Waals surface area (Å²) in [5, 5.41) is 0. The van der Waals surface area contributed by atoms with Crippen LogP contribution in [0.1, 0.15) is 48.3 Å². The molecule has 0 saturated heterocycles. The fourth-order valence-corrected chi connectivity index (χ4v) is 3.15. The second-order valence-electron chi connectivity index (χ2n) is 6.09. The van der Waals surface area contributed by atoms with E-state index in [2.05, 4.69) is 36.1 Å². The third-order valence-corrected chi connectivity index (χ3v) is 4.59. The van der Waals surface area contributed by atoms with E-state index in [1.807, 2.05) is 0 Å². The van der Waals surface area contributed by atoms with Crippen molar-refractivity contribution in [1.29, 1.82) is 0 Å². The van der Waals surface area contributed by atoms with Crippen LogP contribution in [0.15, 0.2) is 48.5 Å².